The summed E-state index contributed by atoms with van der Waals surface area (Å²) in [7, 11) is 0. The third-order valence-corrected chi connectivity index (χ3v) is 5.19. The normalized spacial score (nSPS) is 10.8. The van der Waals surface area contributed by atoms with Crippen LogP contribution in [0.5, 0.6) is 5.75 Å². The first kappa shape index (κ1) is 18.8. The van der Waals surface area contributed by atoms with Crippen LogP contribution in [0.25, 0.3) is 33.2 Å². The second-order valence-corrected chi connectivity index (χ2v) is 7.26. The van der Waals surface area contributed by atoms with Crippen LogP contribution in [0.15, 0.2) is 97.3 Å². The third kappa shape index (κ3) is 3.81. The van der Waals surface area contributed by atoms with Crippen molar-refractivity contribution in [3.63, 3.8) is 0 Å². The molecule has 0 unspecified atom stereocenters. The average Bonchev–Trinajstić information content (AvgIpc) is 2.83. The van der Waals surface area contributed by atoms with E-state index in [0.29, 0.717) is 12.2 Å². The molecule has 0 bridgehead atoms. The molecule has 0 atom stereocenters. The number of benzene rings is 3. The Hall–Kier alpha value is -4.25. The standard InChI is InChI=1S/C26H20N4O/c31-21-14-20(16-27-17-21)25-23-13-7-12-22(19-10-5-2-6-11-19)24(23)26(30-29-25)28-15-18-8-3-1-4-9-18/h1-14,16-17,31H,15H2,(H,28,30). The van der Waals surface area contributed by atoms with Crippen LogP contribution < -0.4 is 5.32 Å². The number of nitrogens with zero attached hydrogens (tertiary/aromatic N) is 3. The number of aromatic hydroxyl groups is 1. The summed E-state index contributed by atoms with van der Waals surface area (Å²) in [6.45, 7) is 0.640. The smallest absolute Gasteiger partial charge is 0.157 e. The molecule has 0 amide bonds. The zero-order valence-corrected chi connectivity index (χ0v) is 16.7. The van der Waals surface area contributed by atoms with Gasteiger partial charge in [0.05, 0.1) is 6.20 Å². The first-order valence-corrected chi connectivity index (χ1v) is 10.1. The molecular formula is C26H20N4O. The van der Waals surface area contributed by atoms with Crippen LogP contribution >= 0.6 is 0 Å². The van der Waals surface area contributed by atoms with Gasteiger partial charge in [0.1, 0.15) is 11.4 Å². The zero-order valence-electron chi connectivity index (χ0n) is 16.7. The van der Waals surface area contributed by atoms with E-state index in [4.69, 9.17) is 0 Å². The molecule has 0 aliphatic rings. The summed E-state index contributed by atoms with van der Waals surface area (Å²) in [5.41, 5.74) is 4.73. The number of fused-ring (bicyclic) bond motifs is 1. The molecule has 2 N–H and O–H groups in total. The molecule has 150 valence electrons. The van der Waals surface area contributed by atoms with Crippen molar-refractivity contribution in [3.05, 3.63) is 103 Å². The van der Waals surface area contributed by atoms with Crippen LogP contribution in [-0.4, -0.2) is 20.3 Å². The SMILES string of the molecule is Oc1cncc(-c2nnc(NCc3ccccc3)c3c(-c4ccccc4)cccc23)c1. The van der Waals surface area contributed by atoms with Crippen LogP contribution in [0.4, 0.5) is 5.82 Å². The van der Waals surface area contributed by atoms with E-state index in [1.54, 1.807) is 12.3 Å². The van der Waals surface area contributed by atoms with Crippen molar-refractivity contribution >= 4 is 16.6 Å². The van der Waals surface area contributed by atoms with E-state index >= 15 is 0 Å². The third-order valence-electron chi connectivity index (χ3n) is 5.19. The van der Waals surface area contributed by atoms with E-state index in [1.165, 1.54) is 6.20 Å². The highest BCUT2D eigenvalue weighted by Gasteiger charge is 2.16. The Morgan fingerprint density at radius 3 is 2.29 bits per heavy atom. The lowest BCUT2D eigenvalue weighted by Crippen LogP contribution is -2.05. The van der Waals surface area contributed by atoms with Crippen LogP contribution in [0.2, 0.25) is 0 Å². The van der Waals surface area contributed by atoms with E-state index in [0.717, 1.165) is 38.8 Å². The van der Waals surface area contributed by atoms with Gasteiger partial charge in [0, 0.05) is 29.1 Å². The van der Waals surface area contributed by atoms with E-state index in [9.17, 15) is 5.11 Å². The Labute approximate surface area is 180 Å². The Balaban J connectivity index is 1.70. The molecule has 0 radical (unpaired) electrons. The number of aromatic nitrogens is 3. The number of nitrogens with one attached hydrogen (secondary N) is 1. The monoisotopic (exact) mass is 404 g/mol. The summed E-state index contributed by atoms with van der Waals surface area (Å²) in [4.78, 5) is 4.11. The number of hydrogen-bond acceptors (Lipinski definition) is 5. The lowest BCUT2D eigenvalue weighted by molar-refractivity contribution is 0.473. The lowest BCUT2D eigenvalue weighted by atomic mass is 9.96. The molecule has 5 nitrogen and oxygen atoms in total. The van der Waals surface area contributed by atoms with Gasteiger partial charge in [0.2, 0.25) is 0 Å². The number of hydrogen-bond donors (Lipinski definition) is 2. The van der Waals surface area contributed by atoms with Crippen molar-refractivity contribution in [2.45, 2.75) is 6.54 Å². The summed E-state index contributed by atoms with van der Waals surface area (Å²) in [6, 6.07) is 28.2. The lowest BCUT2D eigenvalue weighted by Gasteiger charge is -2.15. The number of pyridine rings is 1. The fourth-order valence-corrected chi connectivity index (χ4v) is 3.74. The average molecular weight is 404 g/mol. The van der Waals surface area contributed by atoms with E-state index in [2.05, 4.69) is 50.8 Å². The van der Waals surface area contributed by atoms with Crippen molar-refractivity contribution in [3.8, 4) is 28.1 Å². The van der Waals surface area contributed by atoms with Crippen molar-refractivity contribution in [1.82, 2.24) is 15.2 Å². The minimum atomic E-state index is 0.0953. The van der Waals surface area contributed by atoms with E-state index in [-0.39, 0.29) is 5.75 Å². The van der Waals surface area contributed by atoms with Gasteiger partial charge < -0.3 is 10.4 Å². The van der Waals surface area contributed by atoms with Crippen molar-refractivity contribution in [2.75, 3.05) is 5.32 Å². The molecule has 0 spiro atoms. The molecular weight excluding hydrogens is 384 g/mol. The van der Waals surface area contributed by atoms with Gasteiger partial charge in [0.25, 0.3) is 0 Å². The quantitative estimate of drug-likeness (QED) is 0.395. The second kappa shape index (κ2) is 8.24. The van der Waals surface area contributed by atoms with Gasteiger partial charge in [-0.1, -0.05) is 78.9 Å². The van der Waals surface area contributed by atoms with Gasteiger partial charge in [-0.05, 0) is 22.8 Å². The zero-order chi connectivity index (χ0) is 21.0. The fraction of sp³-hybridized carbons (Fsp3) is 0.0385. The molecule has 5 rings (SSSR count). The second-order valence-electron chi connectivity index (χ2n) is 7.26. The van der Waals surface area contributed by atoms with Crippen molar-refractivity contribution < 1.29 is 5.11 Å². The van der Waals surface area contributed by atoms with Crippen molar-refractivity contribution in [1.29, 1.82) is 0 Å². The highest BCUT2D eigenvalue weighted by molar-refractivity contribution is 6.08. The molecule has 31 heavy (non-hydrogen) atoms. The maximum Gasteiger partial charge on any atom is 0.157 e. The largest absolute Gasteiger partial charge is 0.506 e. The number of rotatable bonds is 5. The molecule has 0 fully saturated rings. The molecule has 2 heterocycles. The van der Waals surface area contributed by atoms with Crippen LogP contribution in [0.3, 0.4) is 0 Å². The van der Waals surface area contributed by atoms with E-state index in [1.807, 2.05) is 48.5 Å². The van der Waals surface area contributed by atoms with Gasteiger partial charge in [0.15, 0.2) is 5.82 Å². The van der Waals surface area contributed by atoms with Crippen LogP contribution in [0, 0.1) is 0 Å². The number of anilines is 1. The first-order chi connectivity index (χ1) is 15.3. The molecule has 0 saturated heterocycles. The van der Waals surface area contributed by atoms with E-state index < -0.39 is 0 Å². The summed E-state index contributed by atoms with van der Waals surface area (Å²) >= 11 is 0. The van der Waals surface area contributed by atoms with Gasteiger partial charge in [-0.3, -0.25) is 4.98 Å². The Kier molecular flexibility index (Phi) is 4.99. The van der Waals surface area contributed by atoms with Gasteiger partial charge in [-0.15, -0.1) is 10.2 Å². The van der Waals surface area contributed by atoms with Gasteiger partial charge >= 0.3 is 0 Å². The predicted molar refractivity (Wildman–Crippen MR) is 124 cm³/mol. The maximum atomic E-state index is 9.92. The van der Waals surface area contributed by atoms with Crippen molar-refractivity contribution in [2.24, 2.45) is 0 Å². The van der Waals surface area contributed by atoms with Crippen LogP contribution in [0.1, 0.15) is 5.56 Å². The summed E-state index contributed by atoms with van der Waals surface area (Å²) < 4.78 is 0. The topological polar surface area (TPSA) is 70.9 Å². The summed E-state index contributed by atoms with van der Waals surface area (Å²) in [6.07, 6.45) is 3.10. The van der Waals surface area contributed by atoms with Crippen LogP contribution in [-0.2, 0) is 6.54 Å². The molecule has 0 aliphatic carbocycles. The predicted octanol–water partition coefficient (Wildman–Crippen LogP) is 5.68. The Bertz CT molecular complexity index is 1340. The molecule has 5 heteroatoms. The minimum absolute atomic E-state index is 0.0953. The molecule has 2 aromatic heterocycles. The highest BCUT2D eigenvalue weighted by atomic mass is 16.3. The highest BCUT2D eigenvalue weighted by Crippen LogP contribution is 2.37. The molecule has 0 saturated carbocycles. The molecule has 3 aromatic carbocycles. The first-order valence-electron chi connectivity index (χ1n) is 10.1. The Morgan fingerprint density at radius 1 is 0.742 bits per heavy atom. The fourth-order valence-electron chi connectivity index (χ4n) is 3.74. The summed E-state index contributed by atoms with van der Waals surface area (Å²) in [5.74, 6) is 0.813. The minimum Gasteiger partial charge on any atom is -0.506 e. The maximum absolute atomic E-state index is 9.92. The summed E-state index contributed by atoms with van der Waals surface area (Å²) in [5, 5.41) is 24.4. The molecule has 0 aliphatic heterocycles. The molecule has 5 aromatic rings. The Morgan fingerprint density at radius 2 is 1.52 bits per heavy atom. The van der Waals surface area contributed by atoms with Gasteiger partial charge in [-0.25, -0.2) is 0 Å². The van der Waals surface area contributed by atoms with Gasteiger partial charge in [-0.2, -0.15) is 0 Å².